The fourth-order valence-electron chi connectivity index (χ4n) is 2.75. The van der Waals surface area contributed by atoms with E-state index in [1.807, 2.05) is 0 Å². The van der Waals surface area contributed by atoms with Crippen molar-refractivity contribution in [1.82, 2.24) is 4.57 Å². The summed E-state index contributed by atoms with van der Waals surface area (Å²) in [5.41, 5.74) is 8.80. The standard InChI is InChI=1S/C13H22N2/c1-9(2)15-7-11-6-10(3)12(4-5-14)13(11)8-15/h7-10,12H,4-6,14H2,1-3H3. The highest BCUT2D eigenvalue weighted by molar-refractivity contribution is 5.34. The number of aromatic nitrogens is 1. The van der Waals surface area contributed by atoms with E-state index in [2.05, 4.69) is 37.7 Å². The molecule has 2 N–H and O–H groups in total. The number of rotatable bonds is 3. The molecule has 15 heavy (non-hydrogen) atoms. The molecule has 2 rings (SSSR count). The molecule has 0 fully saturated rings. The Morgan fingerprint density at radius 2 is 2.20 bits per heavy atom. The first kappa shape index (κ1) is 10.7. The van der Waals surface area contributed by atoms with Crippen molar-refractivity contribution in [2.24, 2.45) is 11.7 Å². The molecule has 2 unspecified atom stereocenters. The Kier molecular flexibility index (Phi) is 2.87. The van der Waals surface area contributed by atoms with Crippen molar-refractivity contribution in [3.63, 3.8) is 0 Å². The number of nitrogens with zero attached hydrogens (tertiary/aromatic N) is 1. The van der Waals surface area contributed by atoms with Crippen molar-refractivity contribution in [3.05, 3.63) is 23.5 Å². The summed E-state index contributed by atoms with van der Waals surface area (Å²) >= 11 is 0. The van der Waals surface area contributed by atoms with Gasteiger partial charge >= 0.3 is 0 Å². The van der Waals surface area contributed by atoms with Gasteiger partial charge in [-0.1, -0.05) is 6.92 Å². The van der Waals surface area contributed by atoms with Crippen LogP contribution in [-0.2, 0) is 6.42 Å². The molecule has 0 saturated heterocycles. The Labute approximate surface area is 92.5 Å². The van der Waals surface area contributed by atoms with Gasteiger partial charge in [0.1, 0.15) is 0 Å². The minimum atomic E-state index is 0.574. The van der Waals surface area contributed by atoms with Crippen LogP contribution in [0.4, 0.5) is 0 Å². The van der Waals surface area contributed by atoms with Crippen molar-refractivity contribution in [2.75, 3.05) is 6.54 Å². The van der Waals surface area contributed by atoms with E-state index >= 15 is 0 Å². The van der Waals surface area contributed by atoms with Crippen molar-refractivity contribution in [1.29, 1.82) is 0 Å². The fourth-order valence-corrected chi connectivity index (χ4v) is 2.75. The molecule has 1 aliphatic rings. The van der Waals surface area contributed by atoms with E-state index in [1.54, 1.807) is 11.1 Å². The number of hydrogen-bond donors (Lipinski definition) is 1. The molecule has 1 aliphatic carbocycles. The van der Waals surface area contributed by atoms with Gasteiger partial charge in [0.2, 0.25) is 0 Å². The quantitative estimate of drug-likeness (QED) is 0.810. The number of nitrogens with two attached hydrogens (primary N) is 1. The zero-order valence-electron chi connectivity index (χ0n) is 10.0. The SMILES string of the molecule is CC1Cc2cn(C(C)C)cc2C1CCN. The maximum absolute atomic E-state index is 5.69. The number of hydrogen-bond acceptors (Lipinski definition) is 1. The summed E-state index contributed by atoms with van der Waals surface area (Å²) in [5.74, 6) is 1.48. The van der Waals surface area contributed by atoms with E-state index in [1.165, 1.54) is 6.42 Å². The normalized spacial score (nSPS) is 24.9. The van der Waals surface area contributed by atoms with Gasteiger partial charge in [0.15, 0.2) is 0 Å². The Morgan fingerprint density at radius 1 is 1.47 bits per heavy atom. The third kappa shape index (κ3) is 1.83. The summed E-state index contributed by atoms with van der Waals surface area (Å²) in [6, 6.07) is 0.574. The van der Waals surface area contributed by atoms with Crippen LogP contribution in [0.25, 0.3) is 0 Å². The molecule has 0 bridgehead atoms. The lowest BCUT2D eigenvalue weighted by molar-refractivity contribution is 0.468. The zero-order chi connectivity index (χ0) is 11.0. The summed E-state index contributed by atoms with van der Waals surface area (Å²) in [4.78, 5) is 0. The first-order valence-electron chi connectivity index (χ1n) is 6.03. The molecule has 2 atom stereocenters. The maximum Gasteiger partial charge on any atom is 0.0274 e. The second-order valence-electron chi connectivity index (χ2n) is 5.14. The van der Waals surface area contributed by atoms with Crippen LogP contribution >= 0.6 is 0 Å². The molecule has 0 aliphatic heterocycles. The highest BCUT2D eigenvalue weighted by Gasteiger charge is 2.30. The van der Waals surface area contributed by atoms with E-state index in [0.29, 0.717) is 12.0 Å². The van der Waals surface area contributed by atoms with Crippen LogP contribution in [0.3, 0.4) is 0 Å². The van der Waals surface area contributed by atoms with E-state index in [9.17, 15) is 0 Å². The molecule has 0 saturated carbocycles. The van der Waals surface area contributed by atoms with E-state index in [4.69, 9.17) is 5.73 Å². The molecule has 2 heteroatoms. The summed E-state index contributed by atoms with van der Waals surface area (Å²) in [5, 5.41) is 0. The summed E-state index contributed by atoms with van der Waals surface area (Å²) in [6.45, 7) is 7.62. The molecule has 0 spiro atoms. The average molecular weight is 206 g/mol. The van der Waals surface area contributed by atoms with E-state index < -0.39 is 0 Å². The molecule has 1 aromatic rings. The minimum absolute atomic E-state index is 0.574. The predicted molar refractivity (Wildman–Crippen MR) is 64.1 cm³/mol. The van der Waals surface area contributed by atoms with Crippen LogP contribution in [0.1, 0.15) is 50.3 Å². The van der Waals surface area contributed by atoms with E-state index in [0.717, 1.165) is 18.9 Å². The Morgan fingerprint density at radius 3 is 2.80 bits per heavy atom. The minimum Gasteiger partial charge on any atom is -0.351 e. The lowest BCUT2D eigenvalue weighted by Crippen LogP contribution is -2.11. The van der Waals surface area contributed by atoms with Crippen LogP contribution < -0.4 is 5.73 Å². The van der Waals surface area contributed by atoms with Gasteiger partial charge in [-0.2, -0.15) is 0 Å². The first-order valence-corrected chi connectivity index (χ1v) is 6.03. The lowest BCUT2D eigenvalue weighted by Gasteiger charge is -2.16. The lowest BCUT2D eigenvalue weighted by atomic mass is 9.92. The maximum atomic E-state index is 5.69. The van der Waals surface area contributed by atoms with Crippen LogP contribution in [0.5, 0.6) is 0 Å². The van der Waals surface area contributed by atoms with Gasteiger partial charge in [-0.15, -0.1) is 0 Å². The van der Waals surface area contributed by atoms with Crippen LogP contribution in [0, 0.1) is 5.92 Å². The van der Waals surface area contributed by atoms with Crippen molar-refractivity contribution < 1.29 is 0 Å². The van der Waals surface area contributed by atoms with Gasteiger partial charge < -0.3 is 10.3 Å². The highest BCUT2D eigenvalue weighted by atomic mass is 15.0. The Hall–Kier alpha value is -0.760. The Balaban J connectivity index is 2.26. The fraction of sp³-hybridized carbons (Fsp3) is 0.692. The van der Waals surface area contributed by atoms with Crippen LogP contribution in [0.2, 0.25) is 0 Å². The van der Waals surface area contributed by atoms with E-state index in [-0.39, 0.29) is 0 Å². The zero-order valence-corrected chi connectivity index (χ0v) is 10.0. The van der Waals surface area contributed by atoms with Gasteiger partial charge in [0.05, 0.1) is 0 Å². The molecular weight excluding hydrogens is 184 g/mol. The van der Waals surface area contributed by atoms with Gasteiger partial charge in [0, 0.05) is 18.4 Å². The molecule has 84 valence electrons. The van der Waals surface area contributed by atoms with Crippen molar-refractivity contribution >= 4 is 0 Å². The largest absolute Gasteiger partial charge is 0.351 e. The smallest absolute Gasteiger partial charge is 0.0274 e. The van der Waals surface area contributed by atoms with Crippen LogP contribution in [0.15, 0.2) is 12.4 Å². The summed E-state index contributed by atoms with van der Waals surface area (Å²) < 4.78 is 2.33. The Bertz CT molecular complexity index is 338. The summed E-state index contributed by atoms with van der Waals surface area (Å²) in [6.07, 6.45) is 7.03. The highest BCUT2D eigenvalue weighted by Crippen LogP contribution is 2.40. The van der Waals surface area contributed by atoms with Gasteiger partial charge in [-0.05, 0) is 56.2 Å². The third-order valence-electron chi connectivity index (χ3n) is 3.67. The second-order valence-corrected chi connectivity index (χ2v) is 5.14. The average Bonchev–Trinajstić information content (AvgIpc) is 2.67. The topological polar surface area (TPSA) is 30.9 Å². The second kappa shape index (κ2) is 4.01. The molecule has 2 nitrogen and oxygen atoms in total. The molecule has 1 aromatic heterocycles. The molecule has 0 radical (unpaired) electrons. The molecule has 0 amide bonds. The van der Waals surface area contributed by atoms with Gasteiger partial charge in [-0.3, -0.25) is 0 Å². The molecule has 0 aromatic carbocycles. The third-order valence-corrected chi connectivity index (χ3v) is 3.67. The van der Waals surface area contributed by atoms with Crippen LogP contribution in [-0.4, -0.2) is 11.1 Å². The molecular formula is C13H22N2. The van der Waals surface area contributed by atoms with Crippen molar-refractivity contribution in [3.8, 4) is 0 Å². The molecule has 1 heterocycles. The van der Waals surface area contributed by atoms with Gasteiger partial charge in [-0.25, -0.2) is 0 Å². The number of fused-ring (bicyclic) bond motifs is 1. The monoisotopic (exact) mass is 206 g/mol. The summed E-state index contributed by atoms with van der Waals surface area (Å²) in [7, 11) is 0. The first-order chi connectivity index (χ1) is 7.13. The predicted octanol–water partition coefficient (Wildman–Crippen LogP) is 2.69. The van der Waals surface area contributed by atoms with Crippen molar-refractivity contribution in [2.45, 2.75) is 45.6 Å². The van der Waals surface area contributed by atoms with Gasteiger partial charge in [0.25, 0.3) is 0 Å².